The molecule has 3 aromatic rings. The highest BCUT2D eigenvalue weighted by atomic mass is 35.5. The molecule has 3 aromatic carbocycles. The van der Waals surface area contributed by atoms with Gasteiger partial charge < -0.3 is 15.5 Å². The number of benzene rings is 3. The first-order valence-electron chi connectivity index (χ1n) is 13.0. The molecule has 3 amide bonds. The van der Waals surface area contributed by atoms with Crippen LogP contribution in [0.5, 0.6) is 0 Å². The Labute approximate surface area is 243 Å². The molecule has 0 fully saturated rings. The minimum atomic E-state index is -4.27. The SMILES string of the molecule is CC(C)(C)CC(=O)N[C@H]1CS(=O)(=O)c2cc(F)c(C(=O)NCc3ccccc3)cc2N(Cc2ccc(Cl)cc2)C1=O. The van der Waals surface area contributed by atoms with Crippen LogP contribution in [0.4, 0.5) is 10.1 Å². The van der Waals surface area contributed by atoms with Gasteiger partial charge in [-0.1, -0.05) is 74.8 Å². The molecule has 2 N–H and O–H groups in total. The molecule has 11 heteroatoms. The van der Waals surface area contributed by atoms with Crippen molar-refractivity contribution in [1.82, 2.24) is 10.6 Å². The Hall–Kier alpha value is -3.76. The molecule has 216 valence electrons. The summed E-state index contributed by atoms with van der Waals surface area (Å²) in [5, 5.41) is 5.67. The highest BCUT2D eigenvalue weighted by molar-refractivity contribution is 7.91. The molecule has 0 saturated carbocycles. The highest BCUT2D eigenvalue weighted by Gasteiger charge is 2.40. The van der Waals surface area contributed by atoms with Crippen molar-refractivity contribution in [2.24, 2.45) is 5.41 Å². The molecule has 0 unspecified atom stereocenters. The molecule has 0 spiro atoms. The number of carbonyl (C=O) groups excluding carboxylic acids is 3. The van der Waals surface area contributed by atoms with Gasteiger partial charge in [-0.15, -0.1) is 0 Å². The van der Waals surface area contributed by atoms with Crippen LogP contribution in [-0.2, 0) is 32.5 Å². The van der Waals surface area contributed by atoms with E-state index in [9.17, 15) is 22.8 Å². The molecule has 41 heavy (non-hydrogen) atoms. The van der Waals surface area contributed by atoms with Crippen LogP contribution in [-0.4, -0.2) is 37.9 Å². The lowest BCUT2D eigenvalue weighted by atomic mass is 9.92. The van der Waals surface area contributed by atoms with Gasteiger partial charge in [-0.2, -0.15) is 0 Å². The van der Waals surface area contributed by atoms with Gasteiger partial charge in [0.1, 0.15) is 11.9 Å². The maximum absolute atomic E-state index is 15.3. The standard InChI is InChI=1S/C30H31ClFN3O5S/c1-30(2,3)15-27(36)34-24-18-41(39,40)26-14-23(32)22(28(37)33-16-19-7-5-4-6-8-19)13-25(26)35(29(24)38)17-20-9-11-21(31)12-10-20/h4-14,24H,15-18H2,1-3H3,(H,33,37)(H,34,36)/t24-/m0/s1. The number of halogens is 2. The van der Waals surface area contributed by atoms with Gasteiger partial charge in [-0.05, 0) is 40.8 Å². The van der Waals surface area contributed by atoms with E-state index in [1.54, 1.807) is 48.5 Å². The molecule has 1 heterocycles. The fourth-order valence-electron chi connectivity index (χ4n) is 4.50. The summed E-state index contributed by atoms with van der Waals surface area (Å²) in [5.74, 6) is -3.77. The van der Waals surface area contributed by atoms with Gasteiger partial charge in [0.25, 0.3) is 11.8 Å². The number of hydrogen-bond acceptors (Lipinski definition) is 5. The number of amides is 3. The van der Waals surface area contributed by atoms with E-state index in [0.717, 1.165) is 17.7 Å². The van der Waals surface area contributed by atoms with E-state index >= 15 is 4.39 Å². The van der Waals surface area contributed by atoms with Gasteiger partial charge >= 0.3 is 0 Å². The number of sulfone groups is 1. The Morgan fingerprint density at radius 3 is 2.32 bits per heavy atom. The summed E-state index contributed by atoms with van der Waals surface area (Å²) in [5.41, 5.74) is 0.412. The molecular weight excluding hydrogens is 569 g/mol. The highest BCUT2D eigenvalue weighted by Crippen LogP contribution is 2.34. The predicted octanol–water partition coefficient (Wildman–Crippen LogP) is 4.65. The van der Waals surface area contributed by atoms with Gasteiger partial charge in [0.2, 0.25) is 5.91 Å². The lowest BCUT2D eigenvalue weighted by Gasteiger charge is -2.27. The smallest absolute Gasteiger partial charge is 0.254 e. The lowest BCUT2D eigenvalue weighted by molar-refractivity contribution is -0.128. The molecule has 4 rings (SSSR count). The number of rotatable bonds is 7. The van der Waals surface area contributed by atoms with Crippen molar-refractivity contribution in [2.45, 2.75) is 51.2 Å². The Kier molecular flexibility index (Phi) is 8.84. The number of carbonyl (C=O) groups is 3. The van der Waals surface area contributed by atoms with E-state index in [0.29, 0.717) is 10.6 Å². The average molecular weight is 600 g/mol. The van der Waals surface area contributed by atoms with Crippen LogP contribution >= 0.6 is 11.6 Å². The fourth-order valence-corrected chi connectivity index (χ4v) is 6.25. The molecule has 8 nitrogen and oxygen atoms in total. The third-order valence-electron chi connectivity index (χ3n) is 6.45. The summed E-state index contributed by atoms with van der Waals surface area (Å²) in [6.45, 7) is 5.53. The summed E-state index contributed by atoms with van der Waals surface area (Å²) in [6, 6.07) is 16.0. The number of nitrogens with one attached hydrogen (secondary N) is 2. The fraction of sp³-hybridized carbons (Fsp3) is 0.300. The van der Waals surface area contributed by atoms with E-state index in [2.05, 4.69) is 10.6 Å². The monoisotopic (exact) mass is 599 g/mol. The van der Waals surface area contributed by atoms with E-state index in [1.807, 2.05) is 26.8 Å². The van der Waals surface area contributed by atoms with Gasteiger partial charge in [0, 0.05) is 18.0 Å². The molecule has 1 atom stereocenters. The van der Waals surface area contributed by atoms with E-state index in [1.165, 1.54) is 4.90 Å². The first kappa shape index (κ1) is 30.2. The van der Waals surface area contributed by atoms with Crippen molar-refractivity contribution < 1.29 is 27.2 Å². The maximum Gasteiger partial charge on any atom is 0.254 e. The molecule has 0 radical (unpaired) electrons. The largest absolute Gasteiger partial charge is 0.348 e. The maximum atomic E-state index is 15.3. The molecule has 1 aliphatic rings. The molecule has 0 aromatic heterocycles. The van der Waals surface area contributed by atoms with Crippen molar-refractivity contribution >= 4 is 44.8 Å². The predicted molar refractivity (Wildman–Crippen MR) is 155 cm³/mol. The first-order chi connectivity index (χ1) is 19.2. The Morgan fingerprint density at radius 1 is 1.02 bits per heavy atom. The average Bonchev–Trinajstić information content (AvgIpc) is 2.96. The zero-order valence-corrected chi connectivity index (χ0v) is 24.5. The molecule has 0 bridgehead atoms. The zero-order chi connectivity index (χ0) is 29.9. The molecule has 0 aliphatic carbocycles. The Bertz CT molecular complexity index is 1570. The number of anilines is 1. The van der Waals surface area contributed by atoms with Gasteiger partial charge in [0.05, 0.1) is 28.4 Å². The van der Waals surface area contributed by atoms with Crippen molar-refractivity contribution in [1.29, 1.82) is 0 Å². The van der Waals surface area contributed by atoms with Gasteiger partial charge in [-0.25, -0.2) is 12.8 Å². The van der Waals surface area contributed by atoms with Crippen molar-refractivity contribution in [3.8, 4) is 0 Å². The summed E-state index contributed by atoms with van der Waals surface area (Å²) in [6.07, 6.45) is 0.0569. The molecular formula is C30H31ClFN3O5S. The van der Waals surface area contributed by atoms with Gasteiger partial charge in [-0.3, -0.25) is 14.4 Å². The van der Waals surface area contributed by atoms with Crippen LogP contribution in [0.2, 0.25) is 5.02 Å². The summed E-state index contributed by atoms with van der Waals surface area (Å²) in [4.78, 5) is 40.4. The van der Waals surface area contributed by atoms with Crippen LogP contribution in [0.15, 0.2) is 71.6 Å². The second kappa shape index (κ2) is 12.0. The van der Waals surface area contributed by atoms with Crippen molar-refractivity contribution in [2.75, 3.05) is 10.7 Å². The van der Waals surface area contributed by atoms with E-state index in [-0.39, 0.29) is 25.2 Å². The van der Waals surface area contributed by atoms with E-state index in [4.69, 9.17) is 11.6 Å². The van der Waals surface area contributed by atoms with Crippen LogP contribution in [0.1, 0.15) is 48.7 Å². The van der Waals surface area contributed by atoms with Crippen molar-refractivity contribution in [3.63, 3.8) is 0 Å². The van der Waals surface area contributed by atoms with E-state index < -0.39 is 61.0 Å². The minimum absolute atomic E-state index is 0.0569. The van der Waals surface area contributed by atoms with Crippen LogP contribution < -0.4 is 15.5 Å². The minimum Gasteiger partial charge on any atom is -0.348 e. The van der Waals surface area contributed by atoms with Crippen LogP contribution in [0.25, 0.3) is 0 Å². The summed E-state index contributed by atoms with van der Waals surface area (Å²) >= 11 is 6.01. The topological polar surface area (TPSA) is 113 Å². The summed E-state index contributed by atoms with van der Waals surface area (Å²) < 4.78 is 42.3. The number of hydrogen-bond donors (Lipinski definition) is 2. The number of fused-ring (bicyclic) bond motifs is 1. The second-order valence-electron chi connectivity index (χ2n) is 11.2. The van der Waals surface area contributed by atoms with Crippen molar-refractivity contribution in [3.05, 3.63) is 94.3 Å². The van der Waals surface area contributed by atoms with Crippen LogP contribution in [0.3, 0.4) is 0 Å². The Morgan fingerprint density at radius 2 is 1.68 bits per heavy atom. The third-order valence-corrected chi connectivity index (χ3v) is 8.47. The zero-order valence-electron chi connectivity index (χ0n) is 22.9. The van der Waals surface area contributed by atoms with Crippen LogP contribution in [0, 0.1) is 11.2 Å². The quantitative estimate of drug-likeness (QED) is 0.411. The first-order valence-corrected chi connectivity index (χ1v) is 15.0. The summed E-state index contributed by atoms with van der Waals surface area (Å²) in [7, 11) is -4.27. The van der Waals surface area contributed by atoms with Gasteiger partial charge in [0.15, 0.2) is 9.84 Å². The Balaban J connectivity index is 1.76. The normalized spacial score (nSPS) is 16.5. The lowest BCUT2D eigenvalue weighted by Crippen LogP contribution is -2.50. The second-order valence-corrected chi connectivity index (χ2v) is 13.6. The molecule has 0 saturated heterocycles. The molecule has 1 aliphatic heterocycles. The third kappa shape index (κ3) is 7.51. The number of nitrogens with zero attached hydrogens (tertiary/aromatic N) is 1.